The number of rotatable bonds is 6. The quantitative estimate of drug-likeness (QED) is 0.868. The summed E-state index contributed by atoms with van der Waals surface area (Å²) < 4.78 is 0. The van der Waals surface area contributed by atoms with Crippen molar-refractivity contribution in [3.63, 3.8) is 0 Å². The lowest BCUT2D eigenvalue weighted by atomic mass is 10.2. The number of amides is 1. The van der Waals surface area contributed by atoms with Crippen LogP contribution < -0.4 is 5.32 Å². The van der Waals surface area contributed by atoms with Crippen molar-refractivity contribution in [2.24, 2.45) is 0 Å². The van der Waals surface area contributed by atoms with Gasteiger partial charge in [-0.1, -0.05) is 19.1 Å². The van der Waals surface area contributed by atoms with E-state index in [0.29, 0.717) is 11.7 Å². The number of carbonyl (C=O) groups excluding carboxylic acids is 1. The topological polar surface area (TPSA) is 29.1 Å². The van der Waals surface area contributed by atoms with E-state index in [4.69, 9.17) is 0 Å². The maximum Gasteiger partial charge on any atom is 0.221 e. The first-order chi connectivity index (χ1) is 9.20. The Bertz CT molecular complexity index is 459. The monoisotopic (exact) mass is 311 g/mol. The molecule has 5 heteroatoms. The predicted octanol–water partition coefficient (Wildman–Crippen LogP) is 4.16. The lowest BCUT2D eigenvalue weighted by molar-refractivity contribution is -0.121. The van der Waals surface area contributed by atoms with Gasteiger partial charge in [-0.2, -0.15) is 11.8 Å². The highest BCUT2D eigenvalue weighted by molar-refractivity contribution is 7.99. The molecule has 0 saturated carbocycles. The van der Waals surface area contributed by atoms with Crippen LogP contribution in [0.4, 0.5) is 0 Å². The fourth-order valence-corrected chi connectivity index (χ4v) is 3.74. The molecule has 0 unspecified atom stereocenters. The zero-order valence-corrected chi connectivity index (χ0v) is 13.4. The van der Waals surface area contributed by atoms with Gasteiger partial charge in [0, 0.05) is 21.4 Å². The minimum Gasteiger partial charge on any atom is -0.344 e. The van der Waals surface area contributed by atoms with Crippen LogP contribution in [-0.2, 0) is 4.79 Å². The van der Waals surface area contributed by atoms with Crippen LogP contribution in [0.1, 0.15) is 29.1 Å². The van der Waals surface area contributed by atoms with Crippen LogP contribution in [-0.4, -0.2) is 17.4 Å². The molecule has 0 spiro atoms. The Morgan fingerprint density at radius 1 is 1.26 bits per heavy atom. The molecule has 2 heterocycles. The van der Waals surface area contributed by atoms with Crippen LogP contribution in [0.25, 0.3) is 0 Å². The molecule has 0 radical (unpaired) electrons. The van der Waals surface area contributed by atoms with E-state index in [1.54, 1.807) is 34.4 Å². The van der Waals surface area contributed by atoms with Gasteiger partial charge in [-0.3, -0.25) is 4.79 Å². The molecule has 0 fully saturated rings. The zero-order valence-electron chi connectivity index (χ0n) is 11.0. The van der Waals surface area contributed by atoms with E-state index < -0.39 is 0 Å². The van der Waals surface area contributed by atoms with Crippen molar-refractivity contribution >= 4 is 40.3 Å². The molecule has 0 aliphatic rings. The van der Waals surface area contributed by atoms with Crippen LogP contribution in [0.5, 0.6) is 0 Å². The van der Waals surface area contributed by atoms with Gasteiger partial charge in [0.25, 0.3) is 0 Å². The zero-order chi connectivity index (χ0) is 13.7. The molecule has 0 saturated heterocycles. The third-order valence-electron chi connectivity index (χ3n) is 2.84. The van der Waals surface area contributed by atoms with Gasteiger partial charge in [0.1, 0.15) is 0 Å². The van der Waals surface area contributed by atoms with Gasteiger partial charge in [0.2, 0.25) is 5.91 Å². The molecule has 2 aromatic rings. The van der Waals surface area contributed by atoms with Crippen molar-refractivity contribution in [2.45, 2.75) is 24.6 Å². The highest BCUT2D eigenvalue weighted by Crippen LogP contribution is 2.29. The van der Waals surface area contributed by atoms with Gasteiger partial charge in [-0.05, 0) is 29.1 Å². The number of thioether (sulfide) groups is 1. The summed E-state index contributed by atoms with van der Waals surface area (Å²) >= 11 is 5.08. The smallest absolute Gasteiger partial charge is 0.221 e. The van der Waals surface area contributed by atoms with Gasteiger partial charge in [-0.15, -0.1) is 22.7 Å². The molecule has 2 rings (SSSR count). The third kappa shape index (κ3) is 4.09. The summed E-state index contributed by atoms with van der Waals surface area (Å²) in [5, 5.41) is 7.61. The van der Waals surface area contributed by atoms with E-state index in [2.05, 4.69) is 24.4 Å². The molecule has 102 valence electrons. The molecule has 1 amide bonds. The molecule has 0 bridgehead atoms. The highest BCUT2D eigenvalue weighted by atomic mass is 32.2. The second-order valence-electron chi connectivity index (χ2n) is 4.28. The van der Waals surface area contributed by atoms with Crippen molar-refractivity contribution in [3.05, 3.63) is 44.8 Å². The second kappa shape index (κ2) is 7.12. The summed E-state index contributed by atoms with van der Waals surface area (Å²) in [4.78, 5) is 14.5. The summed E-state index contributed by atoms with van der Waals surface area (Å²) in [7, 11) is 0. The van der Waals surface area contributed by atoms with E-state index in [-0.39, 0.29) is 11.9 Å². The van der Waals surface area contributed by atoms with Crippen LogP contribution >= 0.6 is 34.4 Å². The van der Waals surface area contributed by atoms with E-state index in [9.17, 15) is 4.79 Å². The molecule has 19 heavy (non-hydrogen) atoms. The summed E-state index contributed by atoms with van der Waals surface area (Å²) in [6.07, 6.45) is 2.60. The molecule has 2 nitrogen and oxygen atoms in total. The lowest BCUT2D eigenvalue weighted by Crippen LogP contribution is -2.29. The van der Waals surface area contributed by atoms with Gasteiger partial charge in [0.05, 0.1) is 6.04 Å². The largest absolute Gasteiger partial charge is 0.344 e. The van der Waals surface area contributed by atoms with Crippen molar-refractivity contribution < 1.29 is 4.79 Å². The van der Waals surface area contributed by atoms with Crippen LogP contribution in [0.15, 0.2) is 35.0 Å². The predicted molar refractivity (Wildman–Crippen MR) is 86.2 cm³/mol. The lowest BCUT2D eigenvalue weighted by Gasteiger charge is -2.17. The molecule has 0 aliphatic carbocycles. The normalized spacial score (nSPS) is 12.6. The Morgan fingerprint density at radius 2 is 1.84 bits per heavy atom. The van der Waals surface area contributed by atoms with Gasteiger partial charge in [0.15, 0.2) is 0 Å². The minimum absolute atomic E-state index is 0.00144. The number of carbonyl (C=O) groups is 1. The molecule has 2 aromatic heterocycles. The Morgan fingerprint density at radius 3 is 2.26 bits per heavy atom. The SMILES string of the molecule is CS[C@H](C)CC(=O)NC(c1cccs1)c1cccs1. The van der Waals surface area contributed by atoms with Gasteiger partial charge < -0.3 is 5.32 Å². The van der Waals surface area contributed by atoms with Crippen molar-refractivity contribution in [2.75, 3.05) is 6.26 Å². The Hall–Kier alpha value is -0.780. The fourth-order valence-electron chi connectivity index (χ4n) is 1.76. The average Bonchev–Trinajstić information content (AvgIpc) is 3.08. The number of thiophene rings is 2. The van der Waals surface area contributed by atoms with E-state index in [1.807, 2.05) is 29.1 Å². The molecular weight excluding hydrogens is 294 g/mol. The molecular formula is C14H17NOS3. The molecule has 1 N–H and O–H groups in total. The van der Waals surface area contributed by atoms with Crippen molar-refractivity contribution in [1.82, 2.24) is 5.32 Å². The number of nitrogens with one attached hydrogen (secondary N) is 1. The van der Waals surface area contributed by atoms with Crippen LogP contribution in [0, 0.1) is 0 Å². The van der Waals surface area contributed by atoms with Gasteiger partial charge in [-0.25, -0.2) is 0 Å². The molecule has 1 atom stereocenters. The fraction of sp³-hybridized carbons (Fsp3) is 0.357. The van der Waals surface area contributed by atoms with Crippen molar-refractivity contribution in [1.29, 1.82) is 0 Å². The number of hydrogen-bond donors (Lipinski definition) is 1. The maximum atomic E-state index is 12.1. The summed E-state index contributed by atoms with van der Waals surface area (Å²) in [6.45, 7) is 2.08. The first kappa shape index (κ1) is 14.6. The van der Waals surface area contributed by atoms with E-state index in [1.165, 1.54) is 9.75 Å². The van der Waals surface area contributed by atoms with Crippen molar-refractivity contribution in [3.8, 4) is 0 Å². The number of hydrogen-bond acceptors (Lipinski definition) is 4. The van der Waals surface area contributed by atoms with E-state index in [0.717, 1.165) is 0 Å². The van der Waals surface area contributed by atoms with Crippen LogP contribution in [0.3, 0.4) is 0 Å². The highest BCUT2D eigenvalue weighted by Gasteiger charge is 2.19. The first-order valence-corrected chi connectivity index (χ1v) is 9.14. The van der Waals surface area contributed by atoms with E-state index >= 15 is 0 Å². The minimum atomic E-state index is 0.00144. The van der Waals surface area contributed by atoms with Gasteiger partial charge >= 0.3 is 0 Å². The Kier molecular flexibility index (Phi) is 5.48. The molecule has 0 aliphatic heterocycles. The average molecular weight is 311 g/mol. The summed E-state index contributed by atoms with van der Waals surface area (Å²) in [5.41, 5.74) is 0. The Labute approximate surface area is 126 Å². The summed E-state index contributed by atoms with van der Waals surface area (Å²) in [6, 6.07) is 8.21. The third-order valence-corrected chi connectivity index (χ3v) is 5.68. The maximum absolute atomic E-state index is 12.1. The van der Waals surface area contributed by atoms with Crippen LogP contribution in [0.2, 0.25) is 0 Å². The Balaban J connectivity index is 2.09. The first-order valence-electron chi connectivity index (χ1n) is 6.09. The second-order valence-corrected chi connectivity index (χ2v) is 7.52. The standard InChI is InChI=1S/C14H17NOS3/c1-10(17-2)9-13(16)15-14(11-5-3-7-18-11)12-6-4-8-19-12/h3-8,10,14H,9H2,1-2H3,(H,15,16)/t10-/m1/s1. The molecule has 0 aromatic carbocycles. The summed E-state index contributed by atoms with van der Waals surface area (Å²) in [5.74, 6) is 0.119.